The first-order chi connectivity index (χ1) is 14.2. The van der Waals surface area contributed by atoms with Crippen molar-refractivity contribution in [3.8, 4) is 0 Å². The first-order valence-electron chi connectivity index (χ1n) is 9.40. The van der Waals surface area contributed by atoms with Crippen LogP contribution in [0.5, 0.6) is 0 Å². The topological polar surface area (TPSA) is 49.4 Å². The van der Waals surface area contributed by atoms with Gasteiger partial charge in [0.25, 0.3) is 10.0 Å². The number of halogens is 3. The predicted molar refractivity (Wildman–Crippen MR) is 110 cm³/mol. The number of nitrogens with one attached hydrogen (secondary N) is 1. The molecule has 4 rings (SSSR count). The second kappa shape index (κ2) is 7.68. The third-order valence-corrected chi connectivity index (χ3v) is 6.41. The smallest absolute Gasteiger partial charge is 0.341 e. The van der Waals surface area contributed by atoms with E-state index in [9.17, 15) is 21.6 Å². The van der Waals surface area contributed by atoms with Crippen molar-refractivity contribution in [1.82, 2.24) is 0 Å². The van der Waals surface area contributed by atoms with E-state index in [1.165, 1.54) is 5.56 Å². The first-order valence-corrected chi connectivity index (χ1v) is 10.9. The molecule has 156 valence electrons. The summed E-state index contributed by atoms with van der Waals surface area (Å²) in [5.74, 6) is 0. The second-order valence-corrected chi connectivity index (χ2v) is 8.74. The standard InChI is InChI=1S/C22H19F3N2O2S/c23-22(24,25)17-10-12-20(13-11-17)30(28,29)26-18-7-3-8-19(15-18)27-14-4-6-16-5-1-2-9-21(16)27/h1-3,5,7-13,15,26H,4,6,14H2. The van der Waals surface area contributed by atoms with Gasteiger partial charge in [-0.1, -0.05) is 24.3 Å². The van der Waals surface area contributed by atoms with Crippen LogP contribution in [0.3, 0.4) is 0 Å². The maximum atomic E-state index is 12.7. The first kappa shape index (κ1) is 20.3. The van der Waals surface area contributed by atoms with Crippen LogP contribution in [0.2, 0.25) is 0 Å². The third-order valence-electron chi connectivity index (χ3n) is 5.01. The number of benzene rings is 3. The number of rotatable bonds is 4. The minimum Gasteiger partial charge on any atom is -0.341 e. The van der Waals surface area contributed by atoms with Crippen LogP contribution in [0.25, 0.3) is 0 Å². The van der Waals surface area contributed by atoms with Crippen molar-refractivity contribution in [2.24, 2.45) is 0 Å². The highest BCUT2D eigenvalue weighted by Gasteiger charge is 2.30. The number of hydrogen-bond donors (Lipinski definition) is 1. The molecule has 0 fully saturated rings. The predicted octanol–water partition coefficient (Wildman–Crippen LogP) is 5.59. The molecule has 1 heterocycles. The number of fused-ring (bicyclic) bond motifs is 1. The van der Waals surface area contributed by atoms with Gasteiger partial charge in [0.05, 0.1) is 16.1 Å². The van der Waals surface area contributed by atoms with Crippen molar-refractivity contribution in [2.45, 2.75) is 23.9 Å². The van der Waals surface area contributed by atoms with Crippen LogP contribution >= 0.6 is 0 Å². The Labute approximate surface area is 173 Å². The van der Waals surface area contributed by atoms with Crippen LogP contribution in [-0.2, 0) is 22.6 Å². The summed E-state index contributed by atoms with van der Waals surface area (Å²) < 4.78 is 65.9. The number of nitrogens with zero attached hydrogens (tertiary/aromatic N) is 1. The van der Waals surface area contributed by atoms with Crippen LogP contribution in [0.1, 0.15) is 17.5 Å². The lowest BCUT2D eigenvalue weighted by Crippen LogP contribution is -2.24. The molecule has 1 N–H and O–H groups in total. The van der Waals surface area contributed by atoms with Gasteiger partial charge in [-0.25, -0.2) is 8.42 Å². The summed E-state index contributed by atoms with van der Waals surface area (Å²) in [6, 6.07) is 18.5. The van der Waals surface area contributed by atoms with Gasteiger partial charge in [-0.2, -0.15) is 13.2 Å². The Balaban J connectivity index is 1.59. The van der Waals surface area contributed by atoms with Crippen molar-refractivity contribution >= 4 is 27.1 Å². The summed E-state index contributed by atoms with van der Waals surface area (Å²) in [6.07, 6.45) is -2.54. The van der Waals surface area contributed by atoms with E-state index in [4.69, 9.17) is 0 Å². The summed E-state index contributed by atoms with van der Waals surface area (Å²) in [4.78, 5) is 1.90. The minimum atomic E-state index is -4.52. The van der Waals surface area contributed by atoms with Gasteiger partial charge in [-0.05, 0) is 66.9 Å². The highest BCUT2D eigenvalue weighted by Crippen LogP contribution is 2.35. The molecule has 0 atom stereocenters. The van der Waals surface area contributed by atoms with Gasteiger partial charge >= 0.3 is 6.18 Å². The molecule has 0 amide bonds. The average Bonchev–Trinajstić information content (AvgIpc) is 2.73. The Morgan fingerprint density at radius 3 is 2.37 bits per heavy atom. The number of para-hydroxylation sites is 1. The van der Waals surface area contributed by atoms with Gasteiger partial charge in [0.15, 0.2) is 0 Å². The van der Waals surface area contributed by atoms with Crippen LogP contribution < -0.4 is 9.62 Å². The van der Waals surface area contributed by atoms with Gasteiger partial charge in [-0.3, -0.25) is 4.72 Å². The monoisotopic (exact) mass is 432 g/mol. The zero-order valence-electron chi connectivity index (χ0n) is 15.9. The summed E-state index contributed by atoms with van der Waals surface area (Å²) in [5, 5.41) is 0. The molecule has 30 heavy (non-hydrogen) atoms. The average molecular weight is 432 g/mol. The fourth-order valence-corrected chi connectivity index (χ4v) is 4.63. The fraction of sp³-hybridized carbons (Fsp3) is 0.182. The molecule has 0 saturated heterocycles. The molecule has 1 aliphatic rings. The Hall–Kier alpha value is -3.00. The fourth-order valence-electron chi connectivity index (χ4n) is 3.58. The van der Waals surface area contributed by atoms with Crippen molar-refractivity contribution in [3.63, 3.8) is 0 Å². The lowest BCUT2D eigenvalue weighted by Gasteiger charge is -2.31. The summed E-state index contributed by atoms with van der Waals surface area (Å²) in [7, 11) is -4.02. The molecule has 0 aliphatic carbocycles. The molecule has 1 aliphatic heterocycles. The molecule has 0 spiro atoms. The van der Waals surface area contributed by atoms with Crippen molar-refractivity contribution in [1.29, 1.82) is 0 Å². The maximum absolute atomic E-state index is 12.7. The summed E-state index contributed by atoms with van der Waals surface area (Å²) in [5.41, 5.74) is 2.61. The quantitative estimate of drug-likeness (QED) is 0.585. The number of alkyl halides is 3. The zero-order valence-corrected chi connectivity index (χ0v) is 16.7. The Morgan fingerprint density at radius 2 is 1.63 bits per heavy atom. The molecule has 3 aromatic rings. The zero-order chi connectivity index (χ0) is 21.4. The summed E-state index contributed by atoms with van der Waals surface area (Å²) in [6.45, 7) is 0.812. The number of hydrogen-bond acceptors (Lipinski definition) is 3. The van der Waals surface area contributed by atoms with E-state index in [1.807, 2.05) is 24.3 Å². The largest absolute Gasteiger partial charge is 0.416 e. The number of anilines is 3. The van der Waals surface area contributed by atoms with Crippen LogP contribution in [0.15, 0.2) is 77.7 Å². The van der Waals surface area contributed by atoms with E-state index in [-0.39, 0.29) is 4.90 Å². The van der Waals surface area contributed by atoms with Crippen LogP contribution in [0, 0.1) is 0 Å². The lowest BCUT2D eigenvalue weighted by atomic mass is 10.0. The molecule has 0 saturated carbocycles. The second-order valence-electron chi connectivity index (χ2n) is 7.06. The highest BCUT2D eigenvalue weighted by atomic mass is 32.2. The van der Waals surface area contributed by atoms with E-state index < -0.39 is 21.8 Å². The third kappa shape index (κ3) is 4.14. The van der Waals surface area contributed by atoms with E-state index in [0.717, 1.165) is 55.0 Å². The Kier molecular flexibility index (Phi) is 5.19. The SMILES string of the molecule is O=S(=O)(Nc1cccc(N2CCCc3ccccc32)c1)c1ccc(C(F)(F)F)cc1. The number of aryl methyl sites for hydroxylation is 1. The van der Waals surface area contributed by atoms with Crippen LogP contribution in [-0.4, -0.2) is 15.0 Å². The van der Waals surface area contributed by atoms with Crippen LogP contribution in [0.4, 0.5) is 30.2 Å². The molecule has 3 aromatic carbocycles. The molecule has 8 heteroatoms. The number of sulfonamides is 1. The van der Waals surface area contributed by atoms with E-state index >= 15 is 0 Å². The van der Waals surface area contributed by atoms with Crippen molar-refractivity contribution in [2.75, 3.05) is 16.2 Å². The molecule has 0 aromatic heterocycles. The van der Waals surface area contributed by atoms with Gasteiger partial charge < -0.3 is 4.90 Å². The molecule has 0 radical (unpaired) electrons. The lowest BCUT2D eigenvalue weighted by molar-refractivity contribution is -0.137. The van der Waals surface area contributed by atoms with Gasteiger partial charge in [0, 0.05) is 17.9 Å². The molecular formula is C22H19F3N2O2S. The van der Waals surface area contributed by atoms with Gasteiger partial charge in [0.1, 0.15) is 0 Å². The highest BCUT2D eigenvalue weighted by molar-refractivity contribution is 7.92. The molecule has 0 bridgehead atoms. The molecule has 0 unspecified atom stereocenters. The van der Waals surface area contributed by atoms with Crippen molar-refractivity contribution < 1.29 is 21.6 Å². The molecular weight excluding hydrogens is 413 g/mol. The van der Waals surface area contributed by atoms with Crippen molar-refractivity contribution in [3.05, 3.63) is 83.9 Å². The maximum Gasteiger partial charge on any atom is 0.416 e. The Bertz CT molecular complexity index is 1160. The van der Waals surface area contributed by atoms with E-state index in [2.05, 4.69) is 15.7 Å². The normalized spacial score (nSPS) is 14.3. The van der Waals surface area contributed by atoms with Gasteiger partial charge in [-0.15, -0.1) is 0 Å². The minimum absolute atomic E-state index is 0.232. The van der Waals surface area contributed by atoms with Gasteiger partial charge in [0.2, 0.25) is 0 Å². The molecule has 4 nitrogen and oxygen atoms in total. The summed E-state index contributed by atoms with van der Waals surface area (Å²) >= 11 is 0. The Morgan fingerprint density at radius 1 is 0.900 bits per heavy atom. The van der Waals surface area contributed by atoms with E-state index in [1.54, 1.807) is 18.2 Å². The van der Waals surface area contributed by atoms with E-state index in [0.29, 0.717) is 5.69 Å².